The number of hydroxylamine groups is 2. The minimum Gasteiger partial charge on any atom is -0.487 e. The number of primary amides is 1. The number of nitrogens with zero attached hydrogens (tertiary/aromatic N) is 2. The molecule has 210 valence electrons. The van der Waals surface area contributed by atoms with Gasteiger partial charge in [-0.2, -0.15) is 5.06 Å². The summed E-state index contributed by atoms with van der Waals surface area (Å²) in [5.74, 6) is -1.30. The van der Waals surface area contributed by atoms with Gasteiger partial charge in [0.25, 0.3) is 0 Å². The second-order valence-electron chi connectivity index (χ2n) is 10.9. The van der Waals surface area contributed by atoms with E-state index in [0.717, 1.165) is 55.5 Å². The predicted octanol–water partition coefficient (Wildman–Crippen LogP) is 4.64. The lowest BCUT2D eigenvalue weighted by Crippen LogP contribution is -2.52. The number of ether oxygens (including phenoxy) is 1. The fourth-order valence-electron chi connectivity index (χ4n) is 5.67. The van der Waals surface area contributed by atoms with Gasteiger partial charge in [-0.25, -0.2) is 8.78 Å². The quantitative estimate of drug-likeness (QED) is 0.404. The van der Waals surface area contributed by atoms with Gasteiger partial charge >= 0.3 is 0 Å². The van der Waals surface area contributed by atoms with Crippen molar-refractivity contribution in [3.63, 3.8) is 0 Å². The lowest BCUT2D eigenvalue weighted by molar-refractivity contribution is -0.249. The van der Waals surface area contributed by atoms with Crippen LogP contribution in [0.3, 0.4) is 0 Å². The number of hydrogen-bond donors (Lipinski definition) is 2. The van der Waals surface area contributed by atoms with Crippen molar-refractivity contribution in [3.8, 4) is 16.9 Å². The molecule has 3 aromatic rings. The van der Waals surface area contributed by atoms with E-state index in [1.54, 1.807) is 24.3 Å². The van der Waals surface area contributed by atoms with E-state index >= 15 is 0 Å². The number of amides is 1. The number of hydrogen-bond acceptors (Lipinski definition) is 6. The first-order valence-corrected chi connectivity index (χ1v) is 13.8. The summed E-state index contributed by atoms with van der Waals surface area (Å²) in [5, 5.41) is 13.1. The minimum atomic E-state index is -1.16. The lowest BCUT2D eigenvalue weighted by atomic mass is 9.92. The molecule has 1 saturated heterocycles. The topological polar surface area (TPSA) is 88.3 Å². The number of carbonyl (C=O) groups excluding carboxylic acids is 1. The number of carbonyl (C=O) groups is 1. The number of rotatable bonds is 9. The Morgan fingerprint density at radius 1 is 1.02 bits per heavy atom. The summed E-state index contributed by atoms with van der Waals surface area (Å²) in [6.07, 6.45) is 2.80. The molecule has 0 aromatic heterocycles. The van der Waals surface area contributed by atoms with Gasteiger partial charge in [0, 0.05) is 6.54 Å². The molecule has 2 heterocycles. The Hall–Kier alpha value is -3.37. The van der Waals surface area contributed by atoms with Crippen LogP contribution in [0.2, 0.25) is 0 Å². The van der Waals surface area contributed by atoms with Crippen LogP contribution >= 0.6 is 0 Å². The van der Waals surface area contributed by atoms with Gasteiger partial charge in [-0.1, -0.05) is 30.3 Å². The summed E-state index contributed by atoms with van der Waals surface area (Å²) in [4.78, 5) is 21.3. The highest BCUT2D eigenvalue weighted by molar-refractivity contribution is 5.82. The maximum atomic E-state index is 14.9. The van der Waals surface area contributed by atoms with Crippen LogP contribution < -0.4 is 10.5 Å². The average molecular weight is 550 g/mol. The molecular weight excluding hydrogens is 516 g/mol. The molecule has 40 heavy (non-hydrogen) atoms. The van der Waals surface area contributed by atoms with Crippen LogP contribution in [0.4, 0.5) is 8.78 Å². The van der Waals surface area contributed by atoms with Gasteiger partial charge in [0.1, 0.15) is 11.9 Å². The van der Waals surface area contributed by atoms with Crippen LogP contribution in [-0.4, -0.2) is 52.8 Å². The van der Waals surface area contributed by atoms with Gasteiger partial charge in [-0.3, -0.25) is 9.63 Å². The molecule has 0 bridgehead atoms. The van der Waals surface area contributed by atoms with Gasteiger partial charge < -0.3 is 20.5 Å². The molecule has 6 rings (SSSR count). The molecule has 2 aliphatic heterocycles. The van der Waals surface area contributed by atoms with Crippen LogP contribution in [0.25, 0.3) is 11.1 Å². The Morgan fingerprint density at radius 3 is 2.42 bits per heavy atom. The smallest absolute Gasteiger partial charge is 0.241 e. The van der Waals surface area contributed by atoms with E-state index in [4.69, 9.17) is 15.3 Å². The second-order valence-corrected chi connectivity index (χ2v) is 10.9. The molecule has 3 N–H and O–H groups in total. The molecule has 1 amide bonds. The van der Waals surface area contributed by atoms with Crippen molar-refractivity contribution in [2.24, 2.45) is 5.73 Å². The zero-order valence-corrected chi connectivity index (χ0v) is 22.1. The van der Waals surface area contributed by atoms with Crippen LogP contribution in [0, 0.1) is 11.6 Å². The molecule has 7 nitrogen and oxygen atoms in total. The van der Waals surface area contributed by atoms with Crippen LogP contribution in [-0.2, 0) is 16.2 Å². The highest BCUT2D eigenvalue weighted by atomic mass is 19.1. The maximum Gasteiger partial charge on any atom is 0.241 e. The van der Waals surface area contributed by atoms with Crippen LogP contribution in [0.15, 0.2) is 60.7 Å². The van der Waals surface area contributed by atoms with Gasteiger partial charge in [0.05, 0.1) is 24.9 Å². The average Bonchev–Trinajstić information content (AvgIpc) is 3.62. The van der Waals surface area contributed by atoms with Crippen molar-refractivity contribution in [1.29, 1.82) is 0 Å². The van der Waals surface area contributed by atoms with Crippen molar-refractivity contribution >= 4 is 5.91 Å². The van der Waals surface area contributed by atoms with Gasteiger partial charge in [-0.15, -0.1) is 0 Å². The number of likely N-dealkylation sites (tertiary alicyclic amines) is 1. The summed E-state index contributed by atoms with van der Waals surface area (Å²) < 4.78 is 34.0. The molecule has 3 aliphatic rings. The molecule has 1 aliphatic carbocycles. The van der Waals surface area contributed by atoms with Crippen molar-refractivity contribution in [1.82, 2.24) is 9.96 Å². The molecule has 0 radical (unpaired) electrons. The third-order valence-electron chi connectivity index (χ3n) is 7.96. The number of benzene rings is 3. The van der Waals surface area contributed by atoms with E-state index in [2.05, 4.69) is 4.90 Å². The summed E-state index contributed by atoms with van der Waals surface area (Å²) in [5.41, 5.74) is 9.47. The molecular formula is C31H33F2N3O4. The number of halogens is 2. The van der Waals surface area contributed by atoms with E-state index in [1.165, 1.54) is 23.3 Å². The fourth-order valence-corrected chi connectivity index (χ4v) is 5.67. The highest BCUT2D eigenvalue weighted by Crippen LogP contribution is 2.39. The Morgan fingerprint density at radius 2 is 1.75 bits per heavy atom. The van der Waals surface area contributed by atoms with Gasteiger partial charge in [-0.05, 0) is 96.9 Å². The van der Waals surface area contributed by atoms with Gasteiger partial charge in [0.2, 0.25) is 5.91 Å². The van der Waals surface area contributed by atoms with Crippen molar-refractivity contribution < 1.29 is 28.3 Å². The number of aliphatic hydroxyl groups is 1. The third-order valence-corrected chi connectivity index (χ3v) is 7.96. The summed E-state index contributed by atoms with van der Waals surface area (Å²) >= 11 is 0. The van der Waals surface area contributed by atoms with E-state index in [0.29, 0.717) is 17.7 Å². The summed E-state index contributed by atoms with van der Waals surface area (Å²) in [7, 11) is 0. The van der Waals surface area contributed by atoms with Crippen molar-refractivity contribution in [2.75, 3.05) is 19.6 Å². The molecule has 0 spiro atoms. The normalized spacial score (nSPS) is 21.1. The first kappa shape index (κ1) is 26.8. The minimum absolute atomic E-state index is 0.0508. The second kappa shape index (κ2) is 11.2. The molecule has 3 atom stereocenters. The van der Waals surface area contributed by atoms with Crippen LogP contribution in [0.5, 0.6) is 5.75 Å². The van der Waals surface area contributed by atoms with Crippen molar-refractivity contribution in [2.45, 2.75) is 56.6 Å². The summed E-state index contributed by atoms with van der Waals surface area (Å²) in [6, 6.07) is 14.7. The zero-order valence-electron chi connectivity index (χ0n) is 22.1. The molecule has 1 unspecified atom stereocenters. The standard InChI is InChI=1S/C31H33F2N3O4/c32-23-7-3-19(4-8-23)20-5-11-25-22(15-20)18-39-36(29(25)31(34)38)27(17-35-13-1-2-14-35)30(37)21-6-12-28(26(33)16-21)40-24-9-10-24/h3-8,11-12,15-16,24,27,29-30,37H,1-2,9-10,13-14,17-18H2,(H2,34,38)/t27-,29?,30-/m1/s1. The van der Waals surface area contributed by atoms with Crippen LogP contribution in [0.1, 0.15) is 54.5 Å². The Balaban J connectivity index is 1.31. The third kappa shape index (κ3) is 5.60. The van der Waals surface area contributed by atoms with E-state index in [1.807, 2.05) is 18.2 Å². The largest absolute Gasteiger partial charge is 0.487 e. The van der Waals surface area contributed by atoms with Gasteiger partial charge in [0.15, 0.2) is 11.6 Å². The van der Waals surface area contributed by atoms with E-state index < -0.39 is 29.9 Å². The molecule has 2 fully saturated rings. The molecule has 9 heteroatoms. The predicted molar refractivity (Wildman–Crippen MR) is 145 cm³/mol. The Kier molecular flexibility index (Phi) is 7.55. The Labute approximate surface area is 232 Å². The maximum absolute atomic E-state index is 14.9. The molecule has 1 saturated carbocycles. The first-order chi connectivity index (χ1) is 19.4. The highest BCUT2D eigenvalue weighted by Gasteiger charge is 2.42. The van der Waals surface area contributed by atoms with E-state index in [9.17, 15) is 18.7 Å². The summed E-state index contributed by atoms with van der Waals surface area (Å²) in [6.45, 7) is 2.28. The fraction of sp³-hybridized carbons (Fsp3) is 0.387. The van der Waals surface area contributed by atoms with E-state index in [-0.39, 0.29) is 24.3 Å². The number of nitrogens with two attached hydrogens (primary N) is 1. The number of fused-ring (bicyclic) bond motifs is 1. The van der Waals surface area contributed by atoms with Crippen molar-refractivity contribution in [3.05, 3.63) is 89.0 Å². The monoisotopic (exact) mass is 549 g/mol. The molecule has 3 aromatic carbocycles. The first-order valence-electron chi connectivity index (χ1n) is 13.8. The zero-order chi connectivity index (χ0) is 27.8. The number of aliphatic hydroxyl groups excluding tert-OH is 1. The SMILES string of the molecule is NC(=O)C1c2ccc(-c3ccc(F)cc3)cc2CON1[C@H](CN1CCCC1)[C@H](O)c1ccc(OC2CC2)c(F)c1. The Bertz CT molecular complexity index is 1380. The lowest BCUT2D eigenvalue weighted by Gasteiger charge is -2.42.